The molecule has 0 fully saturated rings. The molecule has 0 radical (unpaired) electrons. The van der Waals surface area contributed by atoms with Crippen LogP contribution in [0.1, 0.15) is 6.92 Å². The van der Waals surface area contributed by atoms with Crippen LogP contribution < -0.4 is 5.56 Å². The fourth-order valence-corrected chi connectivity index (χ4v) is 3.21. The van der Waals surface area contributed by atoms with Gasteiger partial charge in [-0.3, -0.25) is 14.2 Å². The molecule has 3 rings (SSSR count). The number of hydrogen-bond donors (Lipinski definition) is 0. The number of carbonyl (C=O) groups excluding carboxylic acids is 1. The standard InChI is InChI=1S/C16H13FN2O3S/c1-2-22-13(20)7-19-9-18-14-12(8-23-15(14)16(19)21)10-3-5-11(17)6-4-10/h3-6,8-9H,2,7H2,1H3. The highest BCUT2D eigenvalue weighted by atomic mass is 32.1. The van der Waals surface area contributed by atoms with E-state index in [2.05, 4.69) is 4.98 Å². The molecule has 0 saturated heterocycles. The van der Waals surface area contributed by atoms with Gasteiger partial charge in [-0.25, -0.2) is 9.37 Å². The van der Waals surface area contributed by atoms with Crippen molar-refractivity contribution in [3.63, 3.8) is 0 Å². The maximum Gasteiger partial charge on any atom is 0.326 e. The Hall–Kier alpha value is -2.54. The summed E-state index contributed by atoms with van der Waals surface area (Å²) < 4.78 is 19.6. The smallest absolute Gasteiger partial charge is 0.326 e. The van der Waals surface area contributed by atoms with Gasteiger partial charge in [-0.1, -0.05) is 12.1 Å². The highest BCUT2D eigenvalue weighted by molar-refractivity contribution is 7.17. The molecule has 118 valence electrons. The summed E-state index contributed by atoms with van der Waals surface area (Å²) in [5.41, 5.74) is 1.81. The van der Waals surface area contributed by atoms with Crippen molar-refractivity contribution in [1.29, 1.82) is 0 Å². The van der Waals surface area contributed by atoms with Crippen LogP contribution in [0.25, 0.3) is 21.3 Å². The Morgan fingerprint density at radius 3 is 2.78 bits per heavy atom. The van der Waals surface area contributed by atoms with Gasteiger partial charge in [0.2, 0.25) is 0 Å². The zero-order chi connectivity index (χ0) is 16.4. The third-order valence-corrected chi connectivity index (χ3v) is 4.26. The number of rotatable bonds is 4. The maximum absolute atomic E-state index is 13.0. The summed E-state index contributed by atoms with van der Waals surface area (Å²) in [4.78, 5) is 28.2. The van der Waals surface area contributed by atoms with Crippen LogP contribution >= 0.6 is 11.3 Å². The summed E-state index contributed by atoms with van der Waals surface area (Å²) in [5, 5.41) is 1.81. The van der Waals surface area contributed by atoms with Crippen molar-refractivity contribution in [2.75, 3.05) is 6.61 Å². The number of halogens is 1. The van der Waals surface area contributed by atoms with E-state index < -0.39 is 5.97 Å². The molecule has 0 aliphatic rings. The van der Waals surface area contributed by atoms with Crippen molar-refractivity contribution in [3.05, 3.63) is 52.1 Å². The molecule has 23 heavy (non-hydrogen) atoms. The van der Waals surface area contributed by atoms with Crippen LogP contribution in [0.3, 0.4) is 0 Å². The van der Waals surface area contributed by atoms with Gasteiger partial charge >= 0.3 is 5.97 Å². The molecule has 0 N–H and O–H groups in total. The fourth-order valence-electron chi connectivity index (χ4n) is 2.23. The number of hydrogen-bond acceptors (Lipinski definition) is 5. The summed E-state index contributed by atoms with van der Waals surface area (Å²) >= 11 is 1.25. The molecule has 1 aromatic carbocycles. The highest BCUT2D eigenvalue weighted by Crippen LogP contribution is 2.30. The predicted molar refractivity (Wildman–Crippen MR) is 85.9 cm³/mol. The van der Waals surface area contributed by atoms with Crippen molar-refractivity contribution in [1.82, 2.24) is 9.55 Å². The molecule has 2 aromatic heterocycles. The molecular weight excluding hydrogens is 319 g/mol. The second-order valence-electron chi connectivity index (χ2n) is 4.82. The summed E-state index contributed by atoms with van der Waals surface area (Å²) in [7, 11) is 0. The Balaban J connectivity index is 2.02. The molecule has 0 bridgehead atoms. The van der Waals surface area contributed by atoms with Gasteiger partial charge in [-0.2, -0.15) is 0 Å². The fraction of sp³-hybridized carbons (Fsp3) is 0.188. The van der Waals surface area contributed by atoms with Crippen LogP contribution in [-0.4, -0.2) is 22.1 Å². The van der Waals surface area contributed by atoms with Crippen LogP contribution in [0.4, 0.5) is 4.39 Å². The first kappa shape index (κ1) is 15.4. The number of thiophene rings is 1. The number of ether oxygens (including phenoxy) is 1. The zero-order valence-corrected chi connectivity index (χ0v) is 13.1. The van der Waals surface area contributed by atoms with Gasteiger partial charge in [-0.05, 0) is 24.6 Å². The molecule has 0 aliphatic heterocycles. The quantitative estimate of drug-likeness (QED) is 0.689. The number of benzene rings is 1. The number of esters is 1. The lowest BCUT2D eigenvalue weighted by Gasteiger charge is -2.05. The molecular formula is C16H13FN2O3S. The Bertz CT molecular complexity index is 915. The number of carbonyl (C=O) groups is 1. The molecule has 0 aliphatic carbocycles. The largest absolute Gasteiger partial charge is 0.465 e. The first-order valence-electron chi connectivity index (χ1n) is 6.98. The number of fused-ring (bicyclic) bond motifs is 1. The molecule has 0 amide bonds. The van der Waals surface area contributed by atoms with Gasteiger partial charge in [0.25, 0.3) is 5.56 Å². The van der Waals surface area contributed by atoms with Crippen LogP contribution in [0.15, 0.2) is 40.8 Å². The molecule has 0 saturated carbocycles. The van der Waals surface area contributed by atoms with Gasteiger partial charge in [0.05, 0.1) is 18.5 Å². The van der Waals surface area contributed by atoms with Crippen molar-refractivity contribution >= 4 is 27.5 Å². The molecule has 0 atom stereocenters. The van der Waals surface area contributed by atoms with Crippen molar-refractivity contribution < 1.29 is 13.9 Å². The Morgan fingerprint density at radius 2 is 2.09 bits per heavy atom. The molecule has 3 aromatic rings. The van der Waals surface area contributed by atoms with Crippen LogP contribution in [0.2, 0.25) is 0 Å². The maximum atomic E-state index is 13.0. The molecule has 7 heteroatoms. The van der Waals surface area contributed by atoms with E-state index in [1.54, 1.807) is 24.4 Å². The first-order valence-corrected chi connectivity index (χ1v) is 7.86. The summed E-state index contributed by atoms with van der Waals surface area (Å²) in [5.74, 6) is -0.802. The second-order valence-corrected chi connectivity index (χ2v) is 5.70. The Labute approximate surface area is 135 Å². The van der Waals surface area contributed by atoms with E-state index in [0.29, 0.717) is 10.2 Å². The zero-order valence-electron chi connectivity index (χ0n) is 12.3. The second kappa shape index (κ2) is 6.29. The average molecular weight is 332 g/mol. The topological polar surface area (TPSA) is 61.2 Å². The van der Waals surface area contributed by atoms with Crippen LogP contribution in [-0.2, 0) is 16.1 Å². The lowest BCUT2D eigenvalue weighted by molar-refractivity contribution is -0.143. The van der Waals surface area contributed by atoms with E-state index in [-0.39, 0.29) is 24.5 Å². The predicted octanol–water partition coefficient (Wildman–Crippen LogP) is 2.83. The van der Waals surface area contributed by atoms with Gasteiger partial charge in [0.15, 0.2) is 0 Å². The minimum atomic E-state index is -0.480. The minimum Gasteiger partial charge on any atom is -0.465 e. The molecule has 5 nitrogen and oxygen atoms in total. The third-order valence-electron chi connectivity index (χ3n) is 3.31. The van der Waals surface area contributed by atoms with Crippen LogP contribution in [0.5, 0.6) is 0 Å². The average Bonchev–Trinajstić information content (AvgIpc) is 2.96. The minimum absolute atomic E-state index is 0.167. The van der Waals surface area contributed by atoms with Gasteiger partial charge in [-0.15, -0.1) is 11.3 Å². The van der Waals surface area contributed by atoms with E-state index >= 15 is 0 Å². The Kier molecular flexibility index (Phi) is 4.20. The normalized spacial score (nSPS) is 10.9. The lowest BCUT2D eigenvalue weighted by Crippen LogP contribution is -2.25. The van der Waals surface area contributed by atoms with Crippen LogP contribution in [0, 0.1) is 5.82 Å². The molecule has 0 spiro atoms. The van der Waals surface area contributed by atoms with E-state index in [0.717, 1.165) is 11.1 Å². The number of aromatic nitrogens is 2. The van der Waals surface area contributed by atoms with Crippen molar-refractivity contribution in [2.45, 2.75) is 13.5 Å². The third kappa shape index (κ3) is 3.00. The lowest BCUT2D eigenvalue weighted by atomic mass is 10.1. The van der Waals surface area contributed by atoms with E-state index in [9.17, 15) is 14.0 Å². The summed E-state index contributed by atoms with van der Waals surface area (Å²) in [6, 6.07) is 6.01. The van der Waals surface area contributed by atoms with Gasteiger partial charge in [0.1, 0.15) is 17.1 Å². The molecule has 0 unspecified atom stereocenters. The van der Waals surface area contributed by atoms with Crippen molar-refractivity contribution in [2.24, 2.45) is 0 Å². The monoisotopic (exact) mass is 332 g/mol. The summed E-state index contributed by atoms with van der Waals surface area (Å²) in [6.45, 7) is 1.80. The van der Waals surface area contributed by atoms with E-state index in [1.807, 2.05) is 0 Å². The number of nitrogens with zero attached hydrogens (tertiary/aromatic N) is 2. The van der Waals surface area contributed by atoms with Crippen molar-refractivity contribution in [3.8, 4) is 11.1 Å². The Morgan fingerprint density at radius 1 is 1.35 bits per heavy atom. The SMILES string of the molecule is CCOC(=O)Cn1cnc2c(-c3ccc(F)cc3)csc2c1=O. The highest BCUT2D eigenvalue weighted by Gasteiger charge is 2.14. The van der Waals surface area contributed by atoms with Gasteiger partial charge in [0, 0.05) is 10.9 Å². The summed E-state index contributed by atoms with van der Waals surface area (Å²) in [6.07, 6.45) is 1.33. The van der Waals surface area contributed by atoms with E-state index in [4.69, 9.17) is 4.74 Å². The first-order chi connectivity index (χ1) is 11.1. The van der Waals surface area contributed by atoms with E-state index in [1.165, 1.54) is 34.4 Å². The van der Waals surface area contributed by atoms with Gasteiger partial charge < -0.3 is 4.74 Å². The molecule has 2 heterocycles.